The van der Waals surface area contributed by atoms with Gasteiger partial charge in [-0.15, -0.1) is 11.3 Å². The first-order chi connectivity index (χ1) is 7.99. The van der Waals surface area contributed by atoms with E-state index in [0.717, 1.165) is 8.66 Å². The molecule has 1 aromatic carbocycles. The van der Waals surface area contributed by atoms with Crippen LogP contribution in [0.4, 0.5) is 5.69 Å². The Hall–Kier alpha value is -0.840. The lowest BCUT2D eigenvalue weighted by molar-refractivity contribution is 0.103. The van der Waals surface area contributed by atoms with Gasteiger partial charge in [0.25, 0.3) is 0 Å². The molecule has 0 bridgehead atoms. The van der Waals surface area contributed by atoms with E-state index in [-0.39, 0.29) is 5.78 Å². The van der Waals surface area contributed by atoms with E-state index in [0.29, 0.717) is 21.8 Å². The van der Waals surface area contributed by atoms with Crippen LogP contribution in [0.3, 0.4) is 0 Å². The summed E-state index contributed by atoms with van der Waals surface area (Å²) in [6.45, 7) is 1.92. The molecule has 2 aromatic rings. The predicted molar refractivity (Wildman–Crippen MR) is 76.1 cm³/mol. The molecule has 2 N–H and O–H groups in total. The molecule has 2 rings (SSSR count). The van der Waals surface area contributed by atoms with Crippen molar-refractivity contribution < 1.29 is 4.79 Å². The summed E-state index contributed by atoms with van der Waals surface area (Å²) in [5.41, 5.74) is 7.34. The number of carbonyl (C=O) groups excluding carboxylic acids is 1. The Balaban J connectivity index is 2.44. The largest absolute Gasteiger partial charge is 0.398 e. The molecule has 0 aliphatic carbocycles. The minimum atomic E-state index is -0.0358. The monoisotopic (exact) mass is 329 g/mol. The van der Waals surface area contributed by atoms with Crippen molar-refractivity contribution in [3.05, 3.63) is 49.1 Å². The first kappa shape index (κ1) is 12.6. The van der Waals surface area contributed by atoms with E-state index in [1.54, 1.807) is 18.2 Å². The Labute approximate surface area is 117 Å². The van der Waals surface area contributed by atoms with Crippen LogP contribution in [-0.2, 0) is 0 Å². The molecule has 0 fully saturated rings. The Morgan fingerprint density at radius 1 is 1.41 bits per heavy atom. The molecule has 1 heterocycles. The summed E-state index contributed by atoms with van der Waals surface area (Å²) in [6, 6.07) is 6.76. The number of benzene rings is 1. The first-order valence-electron chi connectivity index (χ1n) is 4.84. The fraction of sp³-hybridized carbons (Fsp3) is 0.0833. The molecule has 5 heteroatoms. The summed E-state index contributed by atoms with van der Waals surface area (Å²) in [6.07, 6.45) is 0. The summed E-state index contributed by atoms with van der Waals surface area (Å²) in [5, 5.41) is 0.405. The van der Waals surface area contributed by atoms with Crippen LogP contribution in [-0.4, -0.2) is 5.78 Å². The normalized spacial score (nSPS) is 10.5. The van der Waals surface area contributed by atoms with Crippen molar-refractivity contribution in [2.24, 2.45) is 0 Å². The van der Waals surface area contributed by atoms with Crippen LogP contribution in [0.15, 0.2) is 28.1 Å². The highest BCUT2D eigenvalue weighted by Gasteiger charge is 2.15. The first-order valence-corrected chi connectivity index (χ1v) is 6.83. The van der Waals surface area contributed by atoms with E-state index in [2.05, 4.69) is 15.9 Å². The number of nitrogen functional groups attached to an aromatic ring is 1. The molecule has 0 unspecified atom stereocenters. The maximum absolute atomic E-state index is 12.2. The second kappa shape index (κ2) is 4.80. The van der Waals surface area contributed by atoms with Gasteiger partial charge in [-0.1, -0.05) is 11.6 Å². The van der Waals surface area contributed by atoms with E-state index in [1.165, 1.54) is 11.3 Å². The lowest BCUT2D eigenvalue weighted by Crippen LogP contribution is -2.01. The Morgan fingerprint density at radius 2 is 2.12 bits per heavy atom. The Bertz CT molecular complexity index is 594. The van der Waals surface area contributed by atoms with Gasteiger partial charge in [0.1, 0.15) is 0 Å². The molecule has 0 saturated heterocycles. The fourth-order valence-electron chi connectivity index (χ4n) is 1.50. The molecule has 0 atom stereocenters. The highest BCUT2D eigenvalue weighted by Crippen LogP contribution is 2.29. The number of hydrogen-bond acceptors (Lipinski definition) is 3. The van der Waals surface area contributed by atoms with Gasteiger partial charge in [-0.05, 0) is 47.1 Å². The van der Waals surface area contributed by atoms with Crippen molar-refractivity contribution in [3.8, 4) is 0 Å². The van der Waals surface area contributed by atoms with E-state index in [9.17, 15) is 4.79 Å². The van der Waals surface area contributed by atoms with Crippen LogP contribution in [0, 0.1) is 6.92 Å². The van der Waals surface area contributed by atoms with Crippen molar-refractivity contribution in [2.75, 3.05) is 5.73 Å². The van der Waals surface area contributed by atoms with Gasteiger partial charge in [-0.2, -0.15) is 0 Å². The van der Waals surface area contributed by atoms with Crippen LogP contribution >= 0.6 is 38.9 Å². The second-order valence-electron chi connectivity index (χ2n) is 3.59. The molecule has 0 amide bonds. The average molecular weight is 331 g/mol. The van der Waals surface area contributed by atoms with Crippen LogP contribution < -0.4 is 5.73 Å². The third-order valence-electron chi connectivity index (χ3n) is 2.39. The van der Waals surface area contributed by atoms with Crippen LogP contribution in [0.5, 0.6) is 0 Å². The van der Waals surface area contributed by atoms with Crippen molar-refractivity contribution in [1.82, 2.24) is 0 Å². The van der Waals surface area contributed by atoms with Gasteiger partial charge >= 0.3 is 0 Å². The van der Waals surface area contributed by atoms with Crippen molar-refractivity contribution in [3.63, 3.8) is 0 Å². The van der Waals surface area contributed by atoms with Gasteiger partial charge < -0.3 is 5.73 Å². The smallest absolute Gasteiger partial charge is 0.194 e. The van der Waals surface area contributed by atoms with E-state index < -0.39 is 0 Å². The molecular weight excluding hydrogens is 322 g/mol. The predicted octanol–water partition coefficient (Wildman–Crippen LogP) is 4.29. The Kier molecular flexibility index (Phi) is 3.56. The molecule has 88 valence electrons. The van der Waals surface area contributed by atoms with Gasteiger partial charge in [0, 0.05) is 16.0 Å². The summed E-state index contributed by atoms with van der Waals surface area (Å²) in [4.78, 5) is 13.2. The molecule has 0 spiro atoms. The van der Waals surface area contributed by atoms with Gasteiger partial charge in [-0.3, -0.25) is 4.79 Å². The SMILES string of the molecule is Cc1sc(Br)cc1C(=O)c1ccc(N)c(Cl)c1. The molecule has 17 heavy (non-hydrogen) atoms. The number of nitrogens with two attached hydrogens (primary N) is 1. The molecule has 0 saturated carbocycles. The number of aryl methyl sites for hydroxylation is 1. The lowest BCUT2D eigenvalue weighted by Gasteiger charge is -2.02. The third kappa shape index (κ3) is 2.54. The standard InChI is InChI=1S/C12H9BrClNOS/c1-6-8(5-11(13)17-6)12(16)7-2-3-10(15)9(14)4-7/h2-5H,15H2,1H3. The zero-order valence-corrected chi connectivity index (χ0v) is 12.1. The van der Waals surface area contributed by atoms with Gasteiger partial charge in [0.2, 0.25) is 0 Å². The van der Waals surface area contributed by atoms with E-state index >= 15 is 0 Å². The van der Waals surface area contributed by atoms with Crippen LogP contribution in [0.25, 0.3) is 0 Å². The number of carbonyl (C=O) groups is 1. The topological polar surface area (TPSA) is 43.1 Å². The summed E-state index contributed by atoms with van der Waals surface area (Å²) >= 11 is 10.8. The lowest BCUT2D eigenvalue weighted by atomic mass is 10.0. The summed E-state index contributed by atoms with van der Waals surface area (Å²) < 4.78 is 0.944. The number of halogens is 2. The van der Waals surface area contributed by atoms with Gasteiger partial charge in [-0.25, -0.2) is 0 Å². The zero-order chi connectivity index (χ0) is 12.6. The van der Waals surface area contributed by atoms with Crippen molar-refractivity contribution in [2.45, 2.75) is 6.92 Å². The number of ketones is 1. The summed E-state index contributed by atoms with van der Waals surface area (Å²) in [7, 11) is 0. The highest BCUT2D eigenvalue weighted by atomic mass is 79.9. The highest BCUT2D eigenvalue weighted by molar-refractivity contribution is 9.11. The molecule has 2 nitrogen and oxygen atoms in total. The van der Waals surface area contributed by atoms with Crippen LogP contribution in [0.1, 0.15) is 20.8 Å². The molecular formula is C12H9BrClNOS. The minimum Gasteiger partial charge on any atom is -0.398 e. The number of hydrogen-bond donors (Lipinski definition) is 1. The minimum absolute atomic E-state index is 0.0358. The number of rotatable bonds is 2. The molecule has 0 aliphatic heterocycles. The third-order valence-corrected chi connectivity index (χ3v) is 4.28. The maximum atomic E-state index is 12.2. The molecule has 0 aliphatic rings. The maximum Gasteiger partial charge on any atom is 0.194 e. The quantitative estimate of drug-likeness (QED) is 0.659. The number of anilines is 1. The van der Waals surface area contributed by atoms with Gasteiger partial charge in [0.15, 0.2) is 5.78 Å². The van der Waals surface area contributed by atoms with Crippen molar-refractivity contribution in [1.29, 1.82) is 0 Å². The second-order valence-corrected chi connectivity index (χ2v) is 6.63. The average Bonchev–Trinajstić information content (AvgIpc) is 2.61. The fourth-order valence-corrected chi connectivity index (χ4v) is 3.36. The molecule has 0 radical (unpaired) electrons. The van der Waals surface area contributed by atoms with Crippen LogP contribution in [0.2, 0.25) is 5.02 Å². The Morgan fingerprint density at radius 3 is 2.65 bits per heavy atom. The molecule has 1 aromatic heterocycles. The number of thiophene rings is 1. The van der Waals surface area contributed by atoms with Gasteiger partial charge in [0.05, 0.1) is 14.5 Å². The van der Waals surface area contributed by atoms with Crippen molar-refractivity contribution >= 4 is 50.3 Å². The van der Waals surface area contributed by atoms with E-state index in [1.807, 2.05) is 13.0 Å². The zero-order valence-electron chi connectivity index (χ0n) is 8.96. The summed E-state index contributed by atoms with van der Waals surface area (Å²) in [5.74, 6) is -0.0358. The van der Waals surface area contributed by atoms with E-state index in [4.69, 9.17) is 17.3 Å².